The molecule has 2 aromatic heterocycles. The third kappa shape index (κ3) is 4.63. The molecule has 4 heterocycles. The van der Waals surface area contributed by atoms with Crippen LogP contribution < -0.4 is 15.5 Å². The Morgan fingerprint density at radius 3 is 2.94 bits per heavy atom. The lowest BCUT2D eigenvalue weighted by molar-refractivity contribution is -0.115. The molecule has 1 atom stereocenters. The Morgan fingerprint density at radius 2 is 2.06 bits per heavy atom. The van der Waals surface area contributed by atoms with E-state index < -0.39 is 0 Å². The highest BCUT2D eigenvalue weighted by atomic mass is 32.2. The number of nitrogens with one attached hydrogen (secondary N) is 2. The molecule has 2 N–H and O–H groups in total. The summed E-state index contributed by atoms with van der Waals surface area (Å²) in [4.78, 5) is 39.4. The van der Waals surface area contributed by atoms with Crippen LogP contribution in [0.4, 0.5) is 10.7 Å². The zero-order valence-corrected chi connectivity index (χ0v) is 18.1. The summed E-state index contributed by atoms with van der Waals surface area (Å²) in [5.41, 5.74) is 2.64. The highest BCUT2D eigenvalue weighted by Crippen LogP contribution is 2.25. The third-order valence-corrected chi connectivity index (χ3v) is 6.33. The Labute approximate surface area is 189 Å². The molecule has 1 aromatic carbocycles. The van der Waals surface area contributed by atoms with Gasteiger partial charge in [0.15, 0.2) is 0 Å². The molecule has 0 saturated carbocycles. The summed E-state index contributed by atoms with van der Waals surface area (Å²) in [6.45, 7) is 2.37. The number of fused-ring (bicyclic) bond motifs is 1. The van der Waals surface area contributed by atoms with Crippen molar-refractivity contribution < 1.29 is 9.59 Å². The zero-order chi connectivity index (χ0) is 21.9. The first kappa shape index (κ1) is 20.6. The van der Waals surface area contributed by atoms with Gasteiger partial charge in [-0.1, -0.05) is 24.3 Å². The van der Waals surface area contributed by atoms with Crippen LogP contribution in [0.3, 0.4) is 0 Å². The number of imide groups is 1. The molecule has 2 aliphatic heterocycles. The van der Waals surface area contributed by atoms with Crippen LogP contribution in [-0.4, -0.2) is 45.2 Å². The van der Waals surface area contributed by atoms with Crippen molar-refractivity contribution in [1.82, 2.24) is 25.6 Å². The Kier molecular flexibility index (Phi) is 5.83. The summed E-state index contributed by atoms with van der Waals surface area (Å²) in [6.07, 6.45) is 5.42. The highest BCUT2D eigenvalue weighted by Gasteiger charge is 2.26. The number of carbonyl (C=O) groups excluding carboxylic acids is 2. The minimum absolute atomic E-state index is 0.302. The van der Waals surface area contributed by atoms with Gasteiger partial charge in [0.05, 0.1) is 21.8 Å². The van der Waals surface area contributed by atoms with Gasteiger partial charge < -0.3 is 10.2 Å². The van der Waals surface area contributed by atoms with E-state index in [9.17, 15) is 9.59 Å². The topological polar surface area (TPSA) is 100 Å². The van der Waals surface area contributed by atoms with Crippen LogP contribution >= 0.6 is 11.8 Å². The molecule has 0 radical (unpaired) electrons. The number of carbonyl (C=O) groups is 2. The van der Waals surface area contributed by atoms with Crippen LogP contribution in [0.25, 0.3) is 17.0 Å². The maximum atomic E-state index is 11.8. The van der Waals surface area contributed by atoms with Gasteiger partial charge in [-0.2, -0.15) is 0 Å². The fourth-order valence-corrected chi connectivity index (χ4v) is 4.60. The molecule has 9 heteroatoms. The Morgan fingerprint density at radius 1 is 1.16 bits per heavy atom. The van der Waals surface area contributed by atoms with Gasteiger partial charge in [-0.05, 0) is 48.9 Å². The standard InChI is InChI=1S/C23H22N6O2S/c30-21-20(32-23(31)28-21)12-16-9-10-24-22(27-16)29-11-3-5-18(14-29)25-13-17-8-7-15-4-1-2-6-19(15)26-17/h1-2,4,6-10,12,18,25H,3,5,11,13-14H2,(H,28,30,31)/t18-/m1/s1. The number of rotatable bonds is 5. The fraction of sp³-hybridized carbons (Fsp3) is 0.261. The molecule has 0 spiro atoms. The summed E-state index contributed by atoms with van der Waals surface area (Å²) in [5.74, 6) is 0.245. The number of thioether (sulfide) groups is 1. The lowest BCUT2D eigenvalue weighted by Crippen LogP contribution is -2.46. The third-order valence-electron chi connectivity index (χ3n) is 5.52. The summed E-state index contributed by atoms with van der Waals surface area (Å²) in [7, 11) is 0. The predicted molar refractivity (Wildman–Crippen MR) is 125 cm³/mol. The van der Waals surface area contributed by atoms with Crippen molar-refractivity contribution in [2.75, 3.05) is 18.0 Å². The Bertz CT molecular complexity index is 1210. The number of nitrogens with zero attached hydrogens (tertiary/aromatic N) is 4. The second kappa shape index (κ2) is 9.05. The molecule has 3 aromatic rings. The Hall–Kier alpha value is -3.30. The second-order valence-electron chi connectivity index (χ2n) is 7.80. The fourth-order valence-electron chi connectivity index (χ4n) is 3.93. The molecule has 0 aliphatic carbocycles. The lowest BCUT2D eigenvalue weighted by atomic mass is 10.1. The van der Waals surface area contributed by atoms with Gasteiger partial charge in [-0.15, -0.1) is 0 Å². The molecule has 8 nitrogen and oxygen atoms in total. The van der Waals surface area contributed by atoms with E-state index in [0.717, 1.165) is 54.3 Å². The van der Waals surface area contributed by atoms with E-state index in [2.05, 4.69) is 43.7 Å². The number of amides is 2. The van der Waals surface area contributed by atoms with Gasteiger partial charge in [-0.3, -0.25) is 19.9 Å². The summed E-state index contributed by atoms with van der Waals surface area (Å²) < 4.78 is 0. The van der Waals surface area contributed by atoms with E-state index in [1.807, 2.05) is 18.2 Å². The van der Waals surface area contributed by atoms with Gasteiger partial charge >= 0.3 is 0 Å². The van der Waals surface area contributed by atoms with E-state index >= 15 is 0 Å². The van der Waals surface area contributed by atoms with Crippen molar-refractivity contribution in [2.24, 2.45) is 0 Å². The predicted octanol–water partition coefficient (Wildman–Crippen LogP) is 3.11. The van der Waals surface area contributed by atoms with Crippen molar-refractivity contribution in [3.63, 3.8) is 0 Å². The SMILES string of the molecule is O=C1NC(=O)C(=Cc2ccnc(N3CCC[C@@H](NCc4ccc5ccccc5n4)C3)n2)S1. The van der Waals surface area contributed by atoms with Crippen LogP contribution in [0.2, 0.25) is 0 Å². The van der Waals surface area contributed by atoms with Crippen molar-refractivity contribution in [2.45, 2.75) is 25.4 Å². The van der Waals surface area contributed by atoms with Crippen LogP contribution in [0, 0.1) is 0 Å². The van der Waals surface area contributed by atoms with Crippen molar-refractivity contribution >= 4 is 45.8 Å². The maximum absolute atomic E-state index is 11.8. The van der Waals surface area contributed by atoms with Gasteiger partial charge in [0, 0.05) is 37.3 Å². The first-order valence-corrected chi connectivity index (χ1v) is 11.4. The van der Waals surface area contributed by atoms with Crippen LogP contribution in [0.1, 0.15) is 24.2 Å². The average molecular weight is 447 g/mol. The highest BCUT2D eigenvalue weighted by molar-refractivity contribution is 8.18. The Balaban J connectivity index is 1.24. The summed E-state index contributed by atoms with van der Waals surface area (Å²) in [6, 6.07) is 14.3. The molecule has 0 unspecified atom stereocenters. The normalized spacial score (nSPS) is 20.2. The van der Waals surface area contributed by atoms with Gasteiger partial charge in [0.2, 0.25) is 5.95 Å². The molecule has 2 aliphatic rings. The van der Waals surface area contributed by atoms with Crippen LogP contribution in [0.15, 0.2) is 53.6 Å². The average Bonchev–Trinajstić information content (AvgIpc) is 3.14. The van der Waals surface area contributed by atoms with Crippen LogP contribution in [-0.2, 0) is 11.3 Å². The van der Waals surface area contributed by atoms with Crippen LogP contribution in [0.5, 0.6) is 0 Å². The molecular formula is C23H22N6O2S. The van der Waals surface area contributed by atoms with Gasteiger partial charge in [0.1, 0.15) is 0 Å². The molecule has 162 valence electrons. The molecule has 2 fully saturated rings. The quantitative estimate of drug-likeness (QED) is 0.577. The molecule has 0 bridgehead atoms. The van der Waals surface area contributed by atoms with Gasteiger partial charge in [-0.25, -0.2) is 9.97 Å². The minimum Gasteiger partial charge on any atom is -0.339 e. The lowest BCUT2D eigenvalue weighted by Gasteiger charge is -2.33. The number of aromatic nitrogens is 3. The molecule has 2 saturated heterocycles. The summed E-state index contributed by atoms with van der Waals surface area (Å²) >= 11 is 0.887. The zero-order valence-electron chi connectivity index (χ0n) is 17.3. The van der Waals surface area contributed by atoms with E-state index in [1.54, 1.807) is 18.3 Å². The number of benzene rings is 1. The van der Waals surface area contributed by atoms with E-state index in [0.29, 0.717) is 29.1 Å². The monoisotopic (exact) mass is 446 g/mol. The second-order valence-corrected chi connectivity index (χ2v) is 8.81. The van der Waals surface area contributed by atoms with Crippen molar-refractivity contribution in [3.05, 3.63) is 65.0 Å². The van der Waals surface area contributed by atoms with Gasteiger partial charge in [0.25, 0.3) is 11.1 Å². The number of anilines is 1. The first-order chi connectivity index (χ1) is 15.6. The van der Waals surface area contributed by atoms with E-state index in [-0.39, 0.29) is 11.1 Å². The molecule has 5 rings (SSSR count). The van der Waals surface area contributed by atoms with Crippen molar-refractivity contribution in [3.8, 4) is 0 Å². The molecular weight excluding hydrogens is 424 g/mol. The minimum atomic E-state index is -0.385. The maximum Gasteiger partial charge on any atom is 0.290 e. The molecule has 32 heavy (non-hydrogen) atoms. The molecule has 2 amide bonds. The number of pyridine rings is 1. The smallest absolute Gasteiger partial charge is 0.290 e. The largest absolute Gasteiger partial charge is 0.339 e. The summed E-state index contributed by atoms with van der Waals surface area (Å²) in [5, 5.41) is 6.66. The van der Waals surface area contributed by atoms with E-state index in [1.165, 1.54) is 0 Å². The number of para-hydroxylation sites is 1. The van der Waals surface area contributed by atoms with Crippen molar-refractivity contribution in [1.29, 1.82) is 0 Å². The number of hydrogen-bond donors (Lipinski definition) is 2. The first-order valence-electron chi connectivity index (χ1n) is 10.5. The number of piperidine rings is 1. The number of hydrogen-bond acceptors (Lipinski definition) is 8. The van der Waals surface area contributed by atoms with E-state index in [4.69, 9.17) is 4.98 Å².